The van der Waals surface area contributed by atoms with E-state index < -0.39 is 52.3 Å². The summed E-state index contributed by atoms with van der Waals surface area (Å²) in [7, 11) is 0. The van der Waals surface area contributed by atoms with Gasteiger partial charge in [0.2, 0.25) is 6.79 Å². The van der Waals surface area contributed by atoms with Gasteiger partial charge in [0.1, 0.15) is 11.4 Å². The fourth-order valence-corrected chi connectivity index (χ4v) is 3.96. The van der Waals surface area contributed by atoms with E-state index in [1.54, 1.807) is 20.8 Å². The quantitative estimate of drug-likeness (QED) is 0.457. The summed E-state index contributed by atoms with van der Waals surface area (Å²) in [6, 6.07) is -0.799. The molecule has 22 heavy (non-hydrogen) atoms. The lowest BCUT2D eigenvalue weighted by Crippen LogP contribution is -2.65. The lowest BCUT2D eigenvalue weighted by molar-refractivity contribution is -0.183. The van der Waals surface area contributed by atoms with Crippen molar-refractivity contribution in [3.63, 3.8) is 0 Å². The van der Waals surface area contributed by atoms with E-state index in [0.29, 0.717) is 0 Å². The molecule has 7 nitrogen and oxygen atoms in total. The van der Waals surface area contributed by atoms with Gasteiger partial charge in [-0.25, -0.2) is 4.79 Å². The van der Waals surface area contributed by atoms with Crippen molar-refractivity contribution in [2.24, 2.45) is 5.41 Å². The first-order chi connectivity index (χ1) is 9.97. The highest BCUT2D eigenvalue weighted by Gasteiger charge is 2.63. The molecule has 1 amide bonds. The Hall–Kier alpha value is -1.28. The van der Waals surface area contributed by atoms with E-state index >= 15 is 0 Å². The van der Waals surface area contributed by atoms with E-state index in [1.807, 2.05) is 13.8 Å². The van der Waals surface area contributed by atoms with Crippen LogP contribution in [0.5, 0.6) is 0 Å². The second-order valence-corrected chi connectivity index (χ2v) is 8.74. The van der Waals surface area contributed by atoms with Gasteiger partial charge in [0.25, 0.3) is 5.91 Å². The van der Waals surface area contributed by atoms with Crippen LogP contribution in [0.4, 0.5) is 0 Å². The Kier molecular flexibility index (Phi) is 4.20. The highest BCUT2D eigenvalue weighted by molar-refractivity contribution is 8.01. The van der Waals surface area contributed by atoms with Gasteiger partial charge >= 0.3 is 11.9 Å². The number of nitrogens with zero attached hydrogens (tertiary/aromatic N) is 1. The van der Waals surface area contributed by atoms with Gasteiger partial charge < -0.3 is 19.5 Å². The monoisotopic (exact) mass is 331 g/mol. The molecule has 2 rings (SSSR count). The van der Waals surface area contributed by atoms with Crippen molar-refractivity contribution in [3.05, 3.63) is 0 Å². The Morgan fingerprint density at radius 1 is 1.32 bits per heavy atom. The minimum absolute atomic E-state index is 0.419. The Balaban J connectivity index is 1.95. The summed E-state index contributed by atoms with van der Waals surface area (Å²) in [5, 5.41) is 9.20. The Bertz CT molecular complexity index is 512. The Morgan fingerprint density at radius 3 is 2.45 bits per heavy atom. The molecule has 1 N–H and O–H groups in total. The number of β-lactam (4-membered cyclic amide) rings is 1. The highest BCUT2D eigenvalue weighted by Crippen LogP contribution is 2.50. The molecule has 0 unspecified atom stereocenters. The van der Waals surface area contributed by atoms with Gasteiger partial charge in [-0.15, -0.1) is 11.8 Å². The average molecular weight is 331 g/mol. The summed E-state index contributed by atoms with van der Waals surface area (Å²) in [5.74, 6) is -1.59. The summed E-state index contributed by atoms with van der Waals surface area (Å²) in [6.45, 7) is 8.21. The molecule has 2 heterocycles. The van der Waals surface area contributed by atoms with Crippen LogP contribution >= 0.6 is 11.8 Å². The molecule has 2 aliphatic rings. The number of aliphatic hydroxyl groups excluding tert-OH is 1. The van der Waals surface area contributed by atoms with Crippen LogP contribution < -0.4 is 0 Å². The number of fused-ring (bicyclic) bond motifs is 1. The van der Waals surface area contributed by atoms with Crippen LogP contribution in [-0.2, 0) is 23.9 Å². The molecule has 124 valence electrons. The number of carbonyl (C=O) groups is 3. The minimum Gasteiger partial charge on any atom is -0.427 e. The van der Waals surface area contributed by atoms with Crippen LogP contribution in [0.2, 0.25) is 0 Å². The first kappa shape index (κ1) is 17.1. The topological polar surface area (TPSA) is 93.1 Å². The molecule has 0 bridgehead atoms. The van der Waals surface area contributed by atoms with Gasteiger partial charge in [-0.3, -0.25) is 9.59 Å². The normalized spacial score (nSPS) is 29.6. The van der Waals surface area contributed by atoms with Crippen molar-refractivity contribution in [2.45, 2.75) is 56.9 Å². The molecule has 0 aromatic carbocycles. The van der Waals surface area contributed by atoms with Gasteiger partial charge in [-0.2, -0.15) is 0 Å². The third kappa shape index (κ3) is 2.81. The molecule has 0 aromatic heterocycles. The lowest BCUT2D eigenvalue weighted by Gasteiger charge is -2.40. The minimum atomic E-state index is -1.07. The first-order valence-electron chi connectivity index (χ1n) is 6.99. The molecule has 2 aliphatic heterocycles. The van der Waals surface area contributed by atoms with Crippen LogP contribution in [0.3, 0.4) is 0 Å². The van der Waals surface area contributed by atoms with E-state index in [-0.39, 0.29) is 0 Å². The molecular formula is C14H21NO6S. The Morgan fingerprint density at radius 2 is 1.91 bits per heavy atom. The summed E-state index contributed by atoms with van der Waals surface area (Å²) < 4.78 is 9.30. The number of thioether (sulfide) groups is 1. The maximum absolute atomic E-state index is 12.2. The van der Waals surface area contributed by atoms with Crippen molar-refractivity contribution in [1.82, 2.24) is 4.90 Å². The fraction of sp³-hybridized carbons (Fsp3) is 0.786. The highest BCUT2D eigenvalue weighted by atomic mass is 32.2. The average Bonchev–Trinajstić information content (AvgIpc) is 2.65. The predicted octanol–water partition coefficient (Wildman–Crippen LogP) is 0.500. The molecular weight excluding hydrogens is 310 g/mol. The molecule has 2 fully saturated rings. The zero-order chi connectivity index (χ0) is 16.9. The van der Waals surface area contributed by atoms with Crippen LogP contribution in [0.25, 0.3) is 0 Å². The van der Waals surface area contributed by atoms with Crippen molar-refractivity contribution in [1.29, 1.82) is 0 Å². The number of carbonyl (C=O) groups excluding carboxylic acids is 3. The largest absolute Gasteiger partial charge is 0.427 e. The van der Waals surface area contributed by atoms with Crippen LogP contribution in [-0.4, -0.2) is 56.9 Å². The number of hydrogen-bond donors (Lipinski definition) is 1. The molecule has 0 spiro atoms. The SMILES string of the molecule is CC(C)(C)C(=O)OCOC(=O)[C@@H]1N2C(=O)[C@@H](O)[C@H]2SC1(C)C. The van der Waals surface area contributed by atoms with E-state index in [9.17, 15) is 19.5 Å². The number of aliphatic hydroxyl groups is 1. The van der Waals surface area contributed by atoms with Crippen molar-refractivity contribution in [3.8, 4) is 0 Å². The maximum atomic E-state index is 12.2. The smallest absolute Gasteiger partial charge is 0.333 e. The number of esters is 2. The maximum Gasteiger partial charge on any atom is 0.333 e. The molecule has 0 saturated carbocycles. The van der Waals surface area contributed by atoms with E-state index in [1.165, 1.54) is 16.7 Å². The van der Waals surface area contributed by atoms with Crippen molar-refractivity contribution in [2.75, 3.05) is 6.79 Å². The second-order valence-electron chi connectivity index (χ2n) is 6.97. The Labute approximate surface area is 133 Å². The molecule has 3 atom stereocenters. The zero-order valence-corrected chi connectivity index (χ0v) is 14.1. The second kappa shape index (κ2) is 5.42. The number of amides is 1. The van der Waals surface area contributed by atoms with E-state index in [2.05, 4.69) is 0 Å². The lowest BCUT2D eigenvalue weighted by atomic mass is 9.97. The first-order valence-corrected chi connectivity index (χ1v) is 7.87. The predicted molar refractivity (Wildman–Crippen MR) is 78.6 cm³/mol. The van der Waals surface area contributed by atoms with Crippen LogP contribution in [0.15, 0.2) is 0 Å². The summed E-state index contributed by atoms with van der Waals surface area (Å²) >= 11 is 1.36. The zero-order valence-electron chi connectivity index (χ0n) is 13.3. The number of ether oxygens (including phenoxy) is 2. The van der Waals surface area contributed by atoms with Gasteiger partial charge in [0.05, 0.1) is 5.41 Å². The number of hydrogen-bond acceptors (Lipinski definition) is 7. The molecule has 8 heteroatoms. The molecule has 0 aromatic rings. The van der Waals surface area contributed by atoms with Crippen LogP contribution in [0, 0.1) is 5.41 Å². The van der Waals surface area contributed by atoms with E-state index in [0.717, 1.165) is 0 Å². The molecule has 0 aliphatic carbocycles. The van der Waals surface area contributed by atoms with Gasteiger partial charge in [-0.1, -0.05) is 0 Å². The van der Waals surface area contributed by atoms with Gasteiger partial charge in [-0.05, 0) is 34.6 Å². The molecule has 2 saturated heterocycles. The van der Waals surface area contributed by atoms with E-state index in [4.69, 9.17) is 9.47 Å². The summed E-state index contributed by atoms with van der Waals surface area (Å²) in [4.78, 5) is 36.9. The third-order valence-corrected chi connectivity index (χ3v) is 5.20. The van der Waals surface area contributed by atoms with Crippen LogP contribution in [0.1, 0.15) is 34.6 Å². The van der Waals surface area contributed by atoms with Crippen molar-refractivity contribution >= 4 is 29.6 Å². The van der Waals surface area contributed by atoms with Gasteiger partial charge in [0, 0.05) is 4.75 Å². The summed E-state index contributed by atoms with van der Waals surface area (Å²) in [5.41, 5.74) is -0.683. The summed E-state index contributed by atoms with van der Waals surface area (Å²) in [6.07, 6.45) is -1.07. The molecule has 0 radical (unpaired) electrons. The van der Waals surface area contributed by atoms with Gasteiger partial charge in [0.15, 0.2) is 6.10 Å². The third-order valence-electron chi connectivity index (χ3n) is 3.64. The van der Waals surface area contributed by atoms with Crippen molar-refractivity contribution < 1.29 is 29.0 Å². The number of rotatable bonds is 3. The standard InChI is InChI=1S/C14H21NO6S/c1-13(2,3)12(19)21-6-20-11(18)8-14(4,5)22-10-7(16)9(17)15(8)10/h7-8,10,16H,6H2,1-5H3/t7-,8+,10-/m1/s1. The fourth-order valence-electron chi connectivity index (χ4n) is 2.41.